The van der Waals surface area contributed by atoms with E-state index in [0.29, 0.717) is 10.9 Å². The summed E-state index contributed by atoms with van der Waals surface area (Å²) in [4.78, 5) is 33.4. The lowest BCUT2D eigenvalue weighted by molar-refractivity contribution is -0.145. The van der Waals surface area contributed by atoms with E-state index >= 15 is 0 Å². The van der Waals surface area contributed by atoms with E-state index in [0.717, 1.165) is 0 Å². The van der Waals surface area contributed by atoms with Crippen LogP contribution in [-0.2, 0) is 9.59 Å². The Balaban J connectivity index is 2.22. The van der Waals surface area contributed by atoms with Gasteiger partial charge in [-0.1, -0.05) is 18.2 Å². The molecule has 2 aromatic rings. The van der Waals surface area contributed by atoms with E-state index in [1.807, 2.05) is 0 Å². The van der Waals surface area contributed by atoms with Crippen molar-refractivity contribution in [3.05, 3.63) is 30.0 Å². The average Bonchev–Trinajstić information content (AvgIpc) is 2.81. The van der Waals surface area contributed by atoms with Crippen LogP contribution in [0.2, 0.25) is 0 Å². The second-order valence-electron chi connectivity index (χ2n) is 4.08. The van der Waals surface area contributed by atoms with Gasteiger partial charge in [0, 0.05) is 5.39 Å². The number of aliphatic carboxylic acids is 2. The van der Waals surface area contributed by atoms with Gasteiger partial charge < -0.3 is 15.5 Å². The second kappa shape index (κ2) is 5.39. The van der Waals surface area contributed by atoms with Crippen LogP contribution in [0.1, 0.15) is 16.9 Å². The van der Waals surface area contributed by atoms with Crippen LogP contribution >= 0.6 is 0 Å². The van der Waals surface area contributed by atoms with Gasteiger partial charge in [0.1, 0.15) is 6.04 Å². The number of rotatable bonds is 5. The maximum Gasteiger partial charge on any atom is 0.326 e. The summed E-state index contributed by atoms with van der Waals surface area (Å²) < 4.78 is 0. The molecule has 20 heavy (non-hydrogen) atoms. The summed E-state index contributed by atoms with van der Waals surface area (Å²) in [5, 5.41) is 26.6. The molecule has 0 bridgehead atoms. The highest BCUT2D eigenvalue weighted by molar-refractivity contribution is 6.05. The number of aromatic amines is 1. The molecular weight excluding hydrogens is 266 g/mol. The predicted octanol–water partition coefficient (Wildman–Crippen LogP) is 0.221. The summed E-state index contributed by atoms with van der Waals surface area (Å²) >= 11 is 0. The molecule has 2 rings (SSSR count). The molecule has 1 aromatic heterocycles. The topological polar surface area (TPSA) is 132 Å². The Morgan fingerprint density at radius 1 is 1.25 bits per heavy atom. The largest absolute Gasteiger partial charge is 0.481 e. The highest BCUT2D eigenvalue weighted by Crippen LogP contribution is 2.15. The number of hydrogen-bond donors (Lipinski definition) is 4. The number of benzene rings is 1. The Bertz CT molecular complexity index is 679. The molecule has 1 heterocycles. The smallest absolute Gasteiger partial charge is 0.326 e. The second-order valence-corrected chi connectivity index (χ2v) is 4.08. The van der Waals surface area contributed by atoms with E-state index < -0.39 is 30.3 Å². The van der Waals surface area contributed by atoms with Crippen LogP contribution in [0.25, 0.3) is 10.9 Å². The molecule has 0 saturated heterocycles. The van der Waals surface area contributed by atoms with E-state index in [-0.39, 0.29) is 5.69 Å². The lowest BCUT2D eigenvalue weighted by atomic mass is 10.1. The molecule has 8 nitrogen and oxygen atoms in total. The molecule has 104 valence electrons. The number of carbonyl (C=O) groups is 3. The Labute approximate surface area is 112 Å². The Kier molecular flexibility index (Phi) is 3.65. The van der Waals surface area contributed by atoms with Crippen LogP contribution in [0.15, 0.2) is 24.3 Å². The first-order chi connectivity index (χ1) is 9.49. The molecule has 0 aliphatic heterocycles. The van der Waals surface area contributed by atoms with Crippen molar-refractivity contribution in [2.45, 2.75) is 12.5 Å². The number of fused-ring (bicyclic) bond motifs is 1. The minimum absolute atomic E-state index is 0.0252. The third-order valence-corrected chi connectivity index (χ3v) is 2.67. The number of para-hydroxylation sites is 1. The maximum absolute atomic E-state index is 12.0. The van der Waals surface area contributed by atoms with E-state index in [9.17, 15) is 14.4 Å². The molecule has 0 radical (unpaired) electrons. The van der Waals surface area contributed by atoms with Crippen LogP contribution in [0.5, 0.6) is 0 Å². The van der Waals surface area contributed by atoms with Crippen molar-refractivity contribution in [1.82, 2.24) is 15.5 Å². The lowest BCUT2D eigenvalue weighted by Gasteiger charge is -2.11. The summed E-state index contributed by atoms with van der Waals surface area (Å²) in [5.41, 5.74) is 0.653. The van der Waals surface area contributed by atoms with E-state index in [4.69, 9.17) is 10.2 Å². The van der Waals surface area contributed by atoms with Gasteiger partial charge in [0.05, 0.1) is 11.9 Å². The van der Waals surface area contributed by atoms with Crippen molar-refractivity contribution < 1.29 is 24.6 Å². The number of nitrogens with one attached hydrogen (secondary N) is 2. The molecule has 1 aromatic carbocycles. The van der Waals surface area contributed by atoms with E-state index in [2.05, 4.69) is 15.5 Å². The van der Waals surface area contributed by atoms with Crippen molar-refractivity contribution in [1.29, 1.82) is 0 Å². The number of aromatic nitrogens is 2. The van der Waals surface area contributed by atoms with Gasteiger partial charge in [-0.15, -0.1) is 0 Å². The number of amides is 1. The highest BCUT2D eigenvalue weighted by atomic mass is 16.4. The SMILES string of the molecule is O=C(O)CC(NC(=O)c1n[nH]c2ccccc12)C(=O)O. The first kappa shape index (κ1) is 13.5. The molecule has 1 atom stereocenters. The summed E-state index contributed by atoms with van der Waals surface area (Å²) in [6.45, 7) is 0. The highest BCUT2D eigenvalue weighted by Gasteiger charge is 2.25. The Hall–Kier alpha value is -2.90. The number of H-pyrrole nitrogens is 1. The molecule has 0 saturated carbocycles. The number of carboxylic acid groups (broad SMARTS) is 2. The molecule has 0 aliphatic carbocycles. The summed E-state index contributed by atoms with van der Waals surface area (Å²) in [6, 6.07) is 5.33. The zero-order valence-electron chi connectivity index (χ0n) is 10.2. The number of carbonyl (C=O) groups excluding carboxylic acids is 1. The molecule has 1 unspecified atom stereocenters. The number of carboxylic acids is 2. The van der Waals surface area contributed by atoms with Crippen LogP contribution < -0.4 is 5.32 Å². The molecule has 0 spiro atoms. The standard InChI is InChI=1S/C12H11N3O5/c16-9(17)5-8(12(19)20)13-11(18)10-6-3-1-2-4-7(6)14-15-10/h1-4,8H,5H2,(H,13,18)(H,14,15)(H,16,17)(H,19,20). The molecular formula is C12H11N3O5. The fraction of sp³-hybridized carbons (Fsp3) is 0.167. The van der Waals surface area contributed by atoms with Crippen molar-refractivity contribution >= 4 is 28.7 Å². The Morgan fingerprint density at radius 3 is 2.60 bits per heavy atom. The predicted molar refractivity (Wildman–Crippen MR) is 67.2 cm³/mol. The van der Waals surface area contributed by atoms with E-state index in [1.54, 1.807) is 24.3 Å². The van der Waals surface area contributed by atoms with E-state index in [1.165, 1.54) is 0 Å². The van der Waals surface area contributed by atoms with Crippen molar-refractivity contribution in [2.24, 2.45) is 0 Å². The zero-order valence-corrected chi connectivity index (χ0v) is 10.2. The van der Waals surface area contributed by atoms with Gasteiger partial charge in [-0.05, 0) is 6.07 Å². The van der Waals surface area contributed by atoms with Gasteiger partial charge in [-0.3, -0.25) is 14.7 Å². The van der Waals surface area contributed by atoms with Crippen LogP contribution in [-0.4, -0.2) is 44.3 Å². The molecule has 8 heteroatoms. The minimum Gasteiger partial charge on any atom is -0.481 e. The molecule has 0 aliphatic rings. The fourth-order valence-corrected chi connectivity index (χ4v) is 1.74. The Morgan fingerprint density at radius 2 is 1.95 bits per heavy atom. The normalized spacial score (nSPS) is 12.0. The van der Waals surface area contributed by atoms with Gasteiger partial charge in [-0.2, -0.15) is 5.10 Å². The number of nitrogens with zero attached hydrogens (tertiary/aromatic N) is 1. The summed E-state index contributed by atoms with van der Waals surface area (Å²) in [6.07, 6.45) is -0.705. The maximum atomic E-state index is 12.0. The summed E-state index contributed by atoms with van der Waals surface area (Å²) in [7, 11) is 0. The van der Waals surface area contributed by atoms with Crippen molar-refractivity contribution in [3.8, 4) is 0 Å². The van der Waals surface area contributed by atoms with Crippen molar-refractivity contribution in [2.75, 3.05) is 0 Å². The zero-order chi connectivity index (χ0) is 14.7. The van der Waals surface area contributed by atoms with Gasteiger partial charge in [0.15, 0.2) is 5.69 Å². The summed E-state index contributed by atoms with van der Waals surface area (Å²) in [5.74, 6) is -3.47. The quantitative estimate of drug-likeness (QED) is 0.618. The van der Waals surface area contributed by atoms with Gasteiger partial charge in [0.25, 0.3) is 5.91 Å². The van der Waals surface area contributed by atoms with Crippen LogP contribution in [0, 0.1) is 0 Å². The van der Waals surface area contributed by atoms with Gasteiger partial charge in [-0.25, -0.2) is 4.79 Å². The molecule has 0 fully saturated rings. The van der Waals surface area contributed by atoms with Gasteiger partial charge in [0.2, 0.25) is 0 Å². The first-order valence-electron chi connectivity index (χ1n) is 5.67. The fourth-order valence-electron chi connectivity index (χ4n) is 1.74. The molecule has 4 N–H and O–H groups in total. The van der Waals surface area contributed by atoms with Gasteiger partial charge >= 0.3 is 11.9 Å². The van der Waals surface area contributed by atoms with Crippen LogP contribution in [0.4, 0.5) is 0 Å². The average molecular weight is 277 g/mol. The number of hydrogen-bond acceptors (Lipinski definition) is 4. The third-order valence-electron chi connectivity index (χ3n) is 2.67. The van der Waals surface area contributed by atoms with Crippen LogP contribution in [0.3, 0.4) is 0 Å². The lowest BCUT2D eigenvalue weighted by Crippen LogP contribution is -2.42. The molecule has 1 amide bonds. The monoisotopic (exact) mass is 277 g/mol. The third kappa shape index (κ3) is 2.74. The van der Waals surface area contributed by atoms with Crippen molar-refractivity contribution in [3.63, 3.8) is 0 Å². The minimum atomic E-state index is -1.50. The first-order valence-corrected chi connectivity index (χ1v) is 5.67.